The summed E-state index contributed by atoms with van der Waals surface area (Å²) in [5.74, 6) is 0.413. The summed E-state index contributed by atoms with van der Waals surface area (Å²) in [5, 5.41) is 0. The molecule has 1 aliphatic heterocycles. The first-order chi connectivity index (χ1) is 6.42. The maximum atomic E-state index is 10.6. The first-order valence-corrected chi connectivity index (χ1v) is 4.48. The van der Waals surface area contributed by atoms with Crippen molar-refractivity contribution >= 4 is 6.29 Å². The number of nitrogens with one attached hydrogen (secondary N) is 1. The molecule has 1 aliphatic rings. The van der Waals surface area contributed by atoms with Gasteiger partial charge in [0.1, 0.15) is 5.69 Å². The number of imidazole rings is 1. The van der Waals surface area contributed by atoms with E-state index in [1.54, 1.807) is 6.33 Å². The van der Waals surface area contributed by atoms with Crippen molar-refractivity contribution in [1.82, 2.24) is 9.97 Å². The highest BCUT2D eigenvalue weighted by molar-refractivity contribution is 5.73. The Labute approximate surface area is 76.3 Å². The highest BCUT2D eigenvalue weighted by Gasteiger charge is 2.20. The maximum Gasteiger partial charge on any atom is 0.170 e. The second kappa shape index (κ2) is 3.70. The summed E-state index contributed by atoms with van der Waals surface area (Å²) in [6.45, 7) is 1.56. The second-order valence-electron chi connectivity index (χ2n) is 3.21. The van der Waals surface area contributed by atoms with Crippen LogP contribution in [0.4, 0.5) is 0 Å². The van der Waals surface area contributed by atoms with E-state index in [9.17, 15) is 4.79 Å². The van der Waals surface area contributed by atoms with Gasteiger partial charge in [-0.25, -0.2) is 4.98 Å². The fourth-order valence-corrected chi connectivity index (χ4v) is 1.72. The van der Waals surface area contributed by atoms with E-state index in [4.69, 9.17) is 4.74 Å². The molecule has 0 saturated carbocycles. The molecular weight excluding hydrogens is 168 g/mol. The molecule has 0 spiro atoms. The van der Waals surface area contributed by atoms with Gasteiger partial charge in [-0.1, -0.05) is 0 Å². The molecule has 0 bridgehead atoms. The largest absolute Gasteiger partial charge is 0.381 e. The number of hydrogen-bond acceptors (Lipinski definition) is 3. The third kappa shape index (κ3) is 1.62. The Balaban J connectivity index is 2.17. The van der Waals surface area contributed by atoms with Crippen molar-refractivity contribution in [1.29, 1.82) is 0 Å². The lowest BCUT2D eigenvalue weighted by atomic mass is 9.95. The Hall–Kier alpha value is -1.16. The summed E-state index contributed by atoms with van der Waals surface area (Å²) in [4.78, 5) is 17.6. The number of nitrogens with zero attached hydrogens (tertiary/aromatic N) is 1. The van der Waals surface area contributed by atoms with Crippen LogP contribution < -0.4 is 0 Å². The summed E-state index contributed by atoms with van der Waals surface area (Å²) in [6.07, 6.45) is 4.34. The molecule has 1 aromatic rings. The predicted octanol–water partition coefficient (Wildman–Crippen LogP) is 1.12. The molecule has 1 N–H and O–H groups in total. The molecule has 2 rings (SSSR count). The Morgan fingerprint density at radius 3 is 3.00 bits per heavy atom. The average Bonchev–Trinajstić information content (AvgIpc) is 2.67. The minimum absolute atomic E-state index is 0.413. The van der Waals surface area contributed by atoms with Crippen LogP contribution in [0.3, 0.4) is 0 Å². The van der Waals surface area contributed by atoms with Crippen LogP contribution in [0.1, 0.15) is 34.9 Å². The van der Waals surface area contributed by atoms with Crippen LogP contribution in [0.2, 0.25) is 0 Å². The number of carbonyl (C=O) groups is 1. The van der Waals surface area contributed by atoms with Crippen molar-refractivity contribution in [3.8, 4) is 0 Å². The highest BCUT2D eigenvalue weighted by Crippen LogP contribution is 2.26. The van der Waals surface area contributed by atoms with Crippen LogP contribution in [-0.2, 0) is 4.74 Å². The Bertz CT molecular complexity index is 290. The minimum atomic E-state index is 0.413. The molecule has 70 valence electrons. The van der Waals surface area contributed by atoms with Crippen molar-refractivity contribution < 1.29 is 9.53 Å². The van der Waals surface area contributed by atoms with Crippen LogP contribution >= 0.6 is 0 Å². The number of aromatic nitrogens is 2. The first kappa shape index (κ1) is 8.44. The monoisotopic (exact) mass is 180 g/mol. The van der Waals surface area contributed by atoms with E-state index < -0.39 is 0 Å². The van der Waals surface area contributed by atoms with Crippen LogP contribution in [0.15, 0.2) is 6.33 Å². The molecule has 1 aromatic heterocycles. The van der Waals surface area contributed by atoms with Crippen LogP contribution in [-0.4, -0.2) is 29.5 Å². The molecule has 0 amide bonds. The number of carbonyl (C=O) groups excluding carboxylic acids is 1. The fourth-order valence-electron chi connectivity index (χ4n) is 1.72. The third-order valence-electron chi connectivity index (χ3n) is 2.44. The molecule has 0 atom stereocenters. The Morgan fingerprint density at radius 2 is 2.31 bits per heavy atom. The summed E-state index contributed by atoms with van der Waals surface area (Å²) < 4.78 is 5.25. The van der Waals surface area contributed by atoms with Crippen molar-refractivity contribution in [2.24, 2.45) is 0 Å². The molecule has 4 heteroatoms. The molecule has 1 saturated heterocycles. The molecule has 2 heterocycles. The lowest BCUT2D eigenvalue weighted by Gasteiger charge is -2.20. The smallest absolute Gasteiger partial charge is 0.170 e. The summed E-state index contributed by atoms with van der Waals surface area (Å²) in [7, 11) is 0. The normalized spacial score (nSPS) is 18.8. The van der Waals surface area contributed by atoms with Gasteiger partial charge in [0.25, 0.3) is 0 Å². The molecule has 0 aliphatic carbocycles. The number of rotatable bonds is 2. The van der Waals surface area contributed by atoms with Crippen LogP contribution in [0.25, 0.3) is 0 Å². The quantitative estimate of drug-likeness (QED) is 0.694. The lowest BCUT2D eigenvalue weighted by Crippen LogP contribution is -2.15. The van der Waals surface area contributed by atoms with Crippen LogP contribution in [0.5, 0.6) is 0 Å². The second-order valence-corrected chi connectivity index (χ2v) is 3.21. The molecule has 0 radical (unpaired) electrons. The molecule has 13 heavy (non-hydrogen) atoms. The van der Waals surface area contributed by atoms with Gasteiger partial charge in [-0.3, -0.25) is 4.79 Å². The Morgan fingerprint density at radius 1 is 1.54 bits per heavy atom. The molecule has 0 unspecified atom stereocenters. The standard InChI is InChI=1S/C9H12N2O2/c12-5-8-9(11-6-10-8)7-1-3-13-4-2-7/h5-7H,1-4H2,(H,10,11). The first-order valence-electron chi connectivity index (χ1n) is 4.48. The number of hydrogen-bond donors (Lipinski definition) is 1. The fraction of sp³-hybridized carbons (Fsp3) is 0.556. The number of H-pyrrole nitrogens is 1. The zero-order valence-electron chi connectivity index (χ0n) is 7.32. The topological polar surface area (TPSA) is 55.0 Å². The van der Waals surface area contributed by atoms with E-state index in [1.807, 2.05) is 0 Å². The van der Waals surface area contributed by atoms with Crippen LogP contribution in [0, 0.1) is 0 Å². The maximum absolute atomic E-state index is 10.6. The van der Waals surface area contributed by atoms with Gasteiger partial charge >= 0.3 is 0 Å². The lowest BCUT2D eigenvalue weighted by molar-refractivity contribution is 0.0841. The highest BCUT2D eigenvalue weighted by atomic mass is 16.5. The summed E-state index contributed by atoms with van der Waals surface area (Å²) >= 11 is 0. The zero-order chi connectivity index (χ0) is 9.10. The minimum Gasteiger partial charge on any atom is -0.381 e. The average molecular weight is 180 g/mol. The van der Waals surface area contributed by atoms with Gasteiger partial charge in [-0.2, -0.15) is 0 Å². The summed E-state index contributed by atoms with van der Waals surface area (Å²) in [5.41, 5.74) is 1.52. The van der Waals surface area contributed by atoms with Gasteiger partial charge < -0.3 is 9.72 Å². The van der Waals surface area contributed by atoms with E-state index in [0.29, 0.717) is 11.6 Å². The third-order valence-corrected chi connectivity index (χ3v) is 2.44. The number of aldehydes is 1. The van der Waals surface area contributed by atoms with Gasteiger partial charge in [0.2, 0.25) is 0 Å². The predicted molar refractivity (Wildman–Crippen MR) is 46.8 cm³/mol. The number of aromatic amines is 1. The molecule has 1 fully saturated rings. The SMILES string of the molecule is O=Cc1nc[nH]c1C1CCOCC1. The van der Waals surface area contributed by atoms with Crippen molar-refractivity contribution in [2.45, 2.75) is 18.8 Å². The van der Waals surface area contributed by atoms with Gasteiger partial charge in [-0.05, 0) is 12.8 Å². The molecule has 4 nitrogen and oxygen atoms in total. The Kier molecular flexibility index (Phi) is 2.40. The van der Waals surface area contributed by atoms with E-state index in [1.165, 1.54) is 0 Å². The van der Waals surface area contributed by atoms with Gasteiger partial charge in [0, 0.05) is 24.8 Å². The van der Waals surface area contributed by atoms with Gasteiger partial charge in [0.05, 0.1) is 6.33 Å². The van der Waals surface area contributed by atoms with Gasteiger partial charge in [0.15, 0.2) is 6.29 Å². The van der Waals surface area contributed by atoms with Gasteiger partial charge in [-0.15, -0.1) is 0 Å². The van der Waals surface area contributed by atoms with Crippen molar-refractivity contribution in [3.05, 3.63) is 17.7 Å². The van der Waals surface area contributed by atoms with Crippen molar-refractivity contribution in [2.75, 3.05) is 13.2 Å². The van der Waals surface area contributed by atoms with E-state index >= 15 is 0 Å². The van der Waals surface area contributed by atoms with E-state index in [2.05, 4.69) is 9.97 Å². The zero-order valence-corrected chi connectivity index (χ0v) is 7.32. The summed E-state index contributed by atoms with van der Waals surface area (Å²) in [6, 6.07) is 0. The van der Waals surface area contributed by atoms with Crippen molar-refractivity contribution in [3.63, 3.8) is 0 Å². The van der Waals surface area contributed by atoms with E-state index in [-0.39, 0.29) is 0 Å². The number of ether oxygens (including phenoxy) is 1. The molecular formula is C9H12N2O2. The molecule has 0 aromatic carbocycles. The van der Waals surface area contributed by atoms with E-state index in [0.717, 1.165) is 38.0 Å².